The Morgan fingerprint density at radius 2 is 2.03 bits per heavy atom. The number of nitrogens with zero attached hydrogens (tertiary/aromatic N) is 1. The number of carbonyl (C=O) groups is 1. The molecule has 0 spiro atoms. The van der Waals surface area contributed by atoms with Crippen molar-refractivity contribution < 1.29 is 18.3 Å². The quantitative estimate of drug-likeness (QED) is 0.459. The number of aryl methyl sites for hydroxylation is 1. The van der Waals surface area contributed by atoms with Crippen molar-refractivity contribution in [2.24, 2.45) is 0 Å². The van der Waals surface area contributed by atoms with Crippen molar-refractivity contribution in [1.82, 2.24) is 15.2 Å². The topological polar surface area (TPSA) is 57.4 Å². The highest BCUT2D eigenvalue weighted by atomic mass is 19.1. The van der Waals surface area contributed by atoms with E-state index in [-0.39, 0.29) is 23.5 Å². The van der Waals surface area contributed by atoms with Crippen LogP contribution in [0.4, 0.5) is 8.78 Å². The average Bonchev–Trinajstić information content (AvgIpc) is 3.21. The maximum atomic E-state index is 14.4. The summed E-state index contributed by atoms with van der Waals surface area (Å²) < 4.78 is 34.0. The number of halogens is 2. The molecular weight excluding hydrogens is 436 g/mol. The van der Waals surface area contributed by atoms with E-state index in [9.17, 15) is 13.6 Å². The van der Waals surface area contributed by atoms with Gasteiger partial charge in [0, 0.05) is 47.4 Å². The largest absolute Gasteiger partial charge is 0.489 e. The summed E-state index contributed by atoms with van der Waals surface area (Å²) in [6.07, 6.45) is 9.03. The molecule has 2 aliphatic rings. The smallest absolute Gasteiger partial charge is 0.251 e. The van der Waals surface area contributed by atoms with Crippen LogP contribution in [0.2, 0.25) is 0 Å². The lowest BCUT2D eigenvalue weighted by Crippen LogP contribution is -2.51. The number of ether oxygens (including phenoxy) is 1. The molecule has 1 saturated carbocycles. The van der Waals surface area contributed by atoms with Gasteiger partial charge in [-0.25, -0.2) is 8.78 Å². The molecule has 0 saturated heterocycles. The molecule has 5 rings (SSSR count). The number of carbonyl (C=O) groups excluding carboxylic acids is 1. The van der Waals surface area contributed by atoms with Gasteiger partial charge in [-0.3, -0.25) is 9.69 Å². The number of amides is 1. The molecule has 2 aromatic carbocycles. The van der Waals surface area contributed by atoms with Crippen LogP contribution in [0.25, 0.3) is 10.9 Å². The molecule has 3 aromatic rings. The summed E-state index contributed by atoms with van der Waals surface area (Å²) >= 11 is 0. The lowest BCUT2D eigenvalue weighted by atomic mass is 9.87. The molecule has 1 atom stereocenters. The van der Waals surface area contributed by atoms with Crippen molar-refractivity contribution in [1.29, 1.82) is 0 Å². The van der Waals surface area contributed by atoms with E-state index in [1.807, 2.05) is 6.20 Å². The molecule has 0 radical (unpaired) electrons. The van der Waals surface area contributed by atoms with E-state index in [0.29, 0.717) is 30.2 Å². The highest BCUT2D eigenvalue weighted by Crippen LogP contribution is 2.35. The minimum Gasteiger partial charge on any atom is -0.489 e. The number of hydrogen-bond acceptors (Lipinski definition) is 3. The maximum absolute atomic E-state index is 14.4. The number of aromatic nitrogens is 1. The van der Waals surface area contributed by atoms with Crippen molar-refractivity contribution in [2.45, 2.75) is 57.0 Å². The van der Waals surface area contributed by atoms with Crippen LogP contribution in [0, 0.1) is 11.6 Å². The van der Waals surface area contributed by atoms with Gasteiger partial charge < -0.3 is 15.0 Å². The van der Waals surface area contributed by atoms with Gasteiger partial charge in [0.15, 0.2) is 11.6 Å². The Labute approximate surface area is 198 Å². The Balaban J connectivity index is 1.26. The summed E-state index contributed by atoms with van der Waals surface area (Å²) in [6.45, 7) is 1.36. The van der Waals surface area contributed by atoms with Gasteiger partial charge in [-0.15, -0.1) is 0 Å². The lowest BCUT2D eigenvalue weighted by molar-refractivity contribution is 0.0416. The zero-order valence-corrected chi connectivity index (χ0v) is 19.5. The van der Waals surface area contributed by atoms with E-state index in [1.165, 1.54) is 18.6 Å². The minimum absolute atomic E-state index is 0.116. The van der Waals surface area contributed by atoms with Crippen molar-refractivity contribution in [3.05, 3.63) is 64.9 Å². The molecule has 0 bridgehead atoms. The van der Waals surface area contributed by atoms with E-state index >= 15 is 0 Å². The van der Waals surface area contributed by atoms with Gasteiger partial charge in [0.2, 0.25) is 0 Å². The zero-order valence-electron chi connectivity index (χ0n) is 19.5. The highest BCUT2D eigenvalue weighted by Gasteiger charge is 2.35. The van der Waals surface area contributed by atoms with Gasteiger partial charge in [0.1, 0.15) is 12.4 Å². The first-order valence-corrected chi connectivity index (χ1v) is 12.2. The number of H-pyrrole nitrogens is 1. The molecule has 1 aromatic heterocycles. The van der Waals surface area contributed by atoms with Gasteiger partial charge in [0.25, 0.3) is 5.91 Å². The van der Waals surface area contributed by atoms with Gasteiger partial charge in [-0.05, 0) is 81.0 Å². The monoisotopic (exact) mass is 467 g/mol. The molecule has 1 aliphatic heterocycles. The molecule has 180 valence electrons. The fourth-order valence-corrected chi connectivity index (χ4v) is 5.34. The molecular formula is C27H31F2N3O2. The molecule has 1 fully saturated rings. The third kappa shape index (κ3) is 4.41. The molecule has 34 heavy (non-hydrogen) atoms. The molecule has 0 unspecified atom stereocenters. The van der Waals surface area contributed by atoms with Crippen LogP contribution in [-0.4, -0.2) is 48.1 Å². The maximum Gasteiger partial charge on any atom is 0.251 e. The SMILES string of the molecule is CNC(=O)c1ccc(F)c2c1C[C@H](N(CCCCc1c[nH]c3ccc(F)cc13)C1CCC1)CO2. The standard InChI is InChI=1S/C27H31F2N3O2/c1-30-27(33)21-9-10-24(29)26-23(21)14-20(16-34-26)32(19-6-4-7-19)12-3-2-5-17-15-31-25-11-8-18(28)13-22(17)25/h8-11,13,15,19-20,31H,2-7,12,14,16H2,1H3,(H,30,33)/t20-/m0/s1. The number of nitrogens with one attached hydrogen (secondary N) is 2. The number of aromatic amines is 1. The van der Waals surface area contributed by atoms with E-state index in [2.05, 4.69) is 15.2 Å². The second-order valence-electron chi connectivity index (χ2n) is 9.43. The first kappa shape index (κ1) is 22.8. The molecule has 1 amide bonds. The van der Waals surface area contributed by atoms with Crippen molar-refractivity contribution in [2.75, 3.05) is 20.2 Å². The normalized spacial score (nSPS) is 17.9. The molecule has 5 nitrogen and oxygen atoms in total. The van der Waals surface area contributed by atoms with Crippen LogP contribution in [0.15, 0.2) is 36.5 Å². The van der Waals surface area contributed by atoms with E-state index in [1.54, 1.807) is 25.2 Å². The third-order valence-corrected chi connectivity index (χ3v) is 7.40. The average molecular weight is 468 g/mol. The summed E-state index contributed by atoms with van der Waals surface area (Å²) in [7, 11) is 1.59. The summed E-state index contributed by atoms with van der Waals surface area (Å²) in [4.78, 5) is 18.1. The van der Waals surface area contributed by atoms with Gasteiger partial charge in [0.05, 0.1) is 0 Å². The second-order valence-corrected chi connectivity index (χ2v) is 9.43. The van der Waals surface area contributed by atoms with Crippen LogP contribution in [0.1, 0.15) is 53.6 Å². The van der Waals surface area contributed by atoms with Crippen molar-refractivity contribution in [3.8, 4) is 5.75 Å². The molecule has 2 N–H and O–H groups in total. The van der Waals surface area contributed by atoms with Crippen LogP contribution >= 0.6 is 0 Å². The first-order valence-electron chi connectivity index (χ1n) is 12.2. The highest BCUT2D eigenvalue weighted by molar-refractivity contribution is 5.96. The fraction of sp³-hybridized carbons (Fsp3) is 0.444. The zero-order chi connectivity index (χ0) is 23.7. The first-order chi connectivity index (χ1) is 16.5. The van der Waals surface area contributed by atoms with Crippen molar-refractivity contribution >= 4 is 16.8 Å². The Hall–Kier alpha value is -2.93. The van der Waals surface area contributed by atoms with E-state index in [0.717, 1.165) is 55.1 Å². The predicted octanol–water partition coefficient (Wildman–Crippen LogP) is 4.99. The molecule has 7 heteroatoms. The van der Waals surface area contributed by atoms with Crippen LogP contribution in [0.3, 0.4) is 0 Å². The second kappa shape index (κ2) is 9.74. The van der Waals surface area contributed by atoms with Crippen LogP contribution < -0.4 is 10.1 Å². The number of rotatable bonds is 8. The Morgan fingerprint density at radius 1 is 1.18 bits per heavy atom. The van der Waals surface area contributed by atoms with Gasteiger partial charge >= 0.3 is 0 Å². The summed E-state index contributed by atoms with van der Waals surface area (Å²) in [5.41, 5.74) is 3.26. The fourth-order valence-electron chi connectivity index (χ4n) is 5.34. The number of unbranched alkanes of at least 4 members (excludes halogenated alkanes) is 1. The van der Waals surface area contributed by atoms with Gasteiger partial charge in [-0.2, -0.15) is 0 Å². The summed E-state index contributed by atoms with van der Waals surface area (Å²) in [5.74, 6) is -0.621. The lowest BCUT2D eigenvalue weighted by Gasteiger charge is -2.44. The summed E-state index contributed by atoms with van der Waals surface area (Å²) in [5, 5.41) is 3.61. The number of hydrogen-bond donors (Lipinski definition) is 2. The molecule has 1 aliphatic carbocycles. The predicted molar refractivity (Wildman–Crippen MR) is 128 cm³/mol. The minimum atomic E-state index is -0.411. The van der Waals surface area contributed by atoms with E-state index < -0.39 is 5.82 Å². The third-order valence-electron chi connectivity index (χ3n) is 7.40. The summed E-state index contributed by atoms with van der Waals surface area (Å²) in [6, 6.07) is 8.34. The van der Waals surface area contributed by atoms with E-state index in [4.69, 9.17) is 4.74 Å². The Kier molecular flexibility index (Phi) is 6.55. The number of benzene rings is 2. The van der Waals surface area contributed by atoms with Crippen LogP contribution in [0.5, 0.6) is 5.75 Å². The Bertz CT molecular complexity index is 1190. The molecule has 2 heterocycles. The van der Waals surface area contributed by atoms with Gasteiger partial charge in [-0.1, -0.05) is 6.42 Å². The Morgan fingerprint density at radius 3 is 2.79 bits per heavy atom. The van der Waals surface area contributed by atoms with Crippen molar-refractivity contribution in [3.63, 3.8) is 0 Å². The van der Waals surface area contributed by atoms with Crippen LogP contribution in [-0.2, 0) is 12.8 Å². The number of fused-ring (bicyclic) bond motifs is 2.